The van der Waals surface area contributed by atoms with Crippen LogP contribution in [0.2, 0.25) is 10.3 Å². The summed E-state index contributed by atoms with van der Waals surface area (Å²) in [5.41, 5.74) is 0.462. The van der Waals surface area contributed by atoms with Gasteiger partial charge in [-0.25, -0.2) is 4.98 Å². The van der Waals surface area contributed by atoms with E-state index in [2.05, 4.69) is 29.5 Å². The summed E-state index contributed by atoms with van der Waals surface area (Å²) in [6, 6.07) is 2.92. The first kappa shape index (κ1) is 15.2. The smallest absolute Gasteiger partial charge is 0.241 e. The van der Waals surface area contributed by atoms with Crippen LogP contribution in [0.25, 0.3) is 0 Å². The van der Waals surface area contributed by atoms with E-state index in [4.69, 9.17) is 23.2 Å². The van der Waals surface area contributed by atoms with Gasteiger partial charge in [0, 0.05) is 0 Å². The fourth-order valence-electron chi connectivity index (χ4n) is 1.25. The average Bonchev–Trinajstić information content (AvgIpc) is 2.29. The normalized spacial score (nSPS) is 12.6. The van der Waals surface area contributed by atoms with E-state index in [9.17, 15) is 4.79 Å². The van der Waals surface area contributed by atoms with Gasteiger partial charge in [0.2, 0.25) is 5.91 Å². The first-order valence-electron chi connectivity index (χ1n) is 5.76. The Kier molecular flexibility index (Phi) is 5.85. The molecule has 100 valence electrons. The van der Waals surface area contributed by atoms with Crippen LogP contribution in [0.3, 0.4) is 0 Å². The van der Waals surface area contributed by atoms with Crippen LogP contribution in [0.1, 0.15) is 20.8 Å². The van der Waals surface area contributed by atoms with Crippen LogP contribution >= 0.6 is 23.2 Å². The monoisotopic (exact) mass is 289 g/mol. The number of pyridine rings is 1. The van der Waals surface area contributed by atoms with Crippen LogP contribution in [0.15, 0.2) is 12.1 Å². The van der Waals surface area contributed by atoms with E-state index in [1.165, 1.54) is 0 Å². The topological polar surface area (TPSA) is 54.0 Å². The molecule has 0 saturated heterocycles. The number of amides is 1. The summed E-state index contributed by atoms with van der Waals surface area (Å²) in [5.74, 6) is 0.336. The Morgan fingerprint density at radius 2 is 2.00 bits per heavy atom. The SMILES string of the molecule is CC(C)CN[C@H](C)C(=O)Nc1ccc(Cl)nc1Cl. The Morgan fingerprint density at radius 3 is 2.56 bits per heavy atom. The van der Waals surface area contributed by atoms with E-state index >= 15 is 0 Å². The Balaban J connectivity index is 2.58. The zero-order chi connectivity index (χ0) is 13.7. The molecule has 1 atom stereocenters. The first-order valence-corrected chi connectivity index (χ1v) is 6.52. The van der Waals surface area contributed by atoms with E-state index in [1.807, 2.05) is 0 Å². The van der Waals surface area contributed by atoms with Gasteiger partial charge in [0.1, 0.15) is 5.15 Å². The molecule has 0 fully saturated rings. The maximum Gasteiger partial charge on any atom is 0.241 e. The summed E-state index contributed by atoms with van der Waals surface area (Å²) in [4.78, 5) is 15.7. The zero-order valence-electron chi connectivity index (χ0n) is 10.6. The summed E-state index contributed by atoms with van der Waals surface area (Å²) in [5, 5.41) is 6.32. The molecular formula is C12H17Cl2N3O. The van der Waals surface area contributed by atoms with Crippen LogP contribution in [-0.4, -0.2) is 23.5 Å². The lowest BCUT2D eigenvalue weighted by Gasteiger charge is -2.15. The van der Waals surface area contributed by atoms with Gasteiger partial charge < -0.3 is 10.6 Å². The molecule has 1 amide bonds. The summed E-state index contributed by atoms with van der Waals surface area (Å²) in [7, 11) is 0. The predicted octanol–water partition coefficient (Wildman–Crippen LogP) is 2.96. The summed E-state index contributed by atoms with van der Waals surface area (Å²) < 4.78 is 0. The molecule has 0 bridgehead atoms. The molecule has 0 aliphatic rings. The van der Waals surface area contributed by atoms with E-state index in [-0.39, 0.29) is 17.1 Å². The number of aromatic nitrogens is 1. The molecule has 0 radical (unpaired) electrons. The predicted molar refractivity (Wildman–Crippen MR) is 75.2 cm³/mol. The van der Waals surface area contributed by atoms with E-state index in [0.717, 1.165) is 6.54 Å². The number of hydrogen-bond acceptors (Lipinski definition) is 3. The van der Waals surface area contributed by atoms with Crippen molar-refractivity contribution in [3.8, 4) is 0 Å². The minimum absolute atomic E-state index is 0.151. The van der Waals surface area contributed by atoms with E-state index < -0.39 is 0 Å². The molecule has 18 heavy (non-hydrogen) atoms. The molecular weight excluding hydrogens is 273 g/mol. The third-order valence-electron chi connectivity index (χ3n) is 2.30. The largest absolute Gasteiger partial charge is 0.322 e. The number of halogens is 2. The number of carbonyl (C=O) groups excluding carboxylic acids is 1. The maximum atomic E-state index is 11.9. The van der Waals surface area contributed by atoms with Crippen LogP contribution in [-0.2, 0) is 4.79 Å². The molecule has 0 aliphatic carbocycles. The fourth-order valence-corrected chi connectivity index (χ4v) is 1.64. The van der Waals surface area contributed by atoms with Crippen molar-refractivity contribution in [1.82, 2.24) is 10.3 Å². The molecule has 0 aromatic carbocycles. The van der Waals surface area contributed by atoms with E-state index in [0.29, 0.717) is 16.8 Å². The third kappa shape index (κ3) is 4.80. The highest BCUT2D eigenvalue weighted by atomic mass is 35.5. The molecule has 0 saturated carbocycles. The lowest BCUT2D eigenvalue weighted by atomic mass is 10.2. The molecule has 1 heterocycles. The average molecular weight is 290 g/mol. The molecule has 6 heteroatoms. The second-order valence-electron chi connectivity index (χ2n) is 4.49. The molecule has 4 nitrogen and oxygen atoms in total. The van der Waals surface area contributed by atoms with Crippen molar-refractivity contribution in [2.45, 2.75) is 26.8 Å². The number of nitrogens with zero attached hydrogens (tertiary/aromatic N) is 1. The second kappa shape index (κ2) is 6.92. The van der Waals surface area contributed by atoms with Gasteiger partial charge in [0.15, 0.2) is 5.15 Å². The standard InChI is InChI=1S/C12H17Cl2N3O/c1-7(2)6-15-8(3)12(18)16-9-4-5-10(13)17-11(9)14/h4-5,7-8,15H,6H2,1-3H3,(H,16,18)/t8-/m1/s1. The highest BCUT2D eigenvalue weighted by Crippen LogP contribution is 2.21. The van der Waals surface area contributed by atoms with Gasteiger partial charge in [-0.05, 0) is 31.5 Å². The number of nitrogens with one attached hydrogen (secondary N) is 2. The number of anilines is 1. The summed E-state index contributed by atoms with van der Waals surface area (Å²) >= 11 is 11.6. The zero-order valence-corrected chi connectivity index (χ0v) is 12.1. The van der Waals surface area contributed by atoms with Crippen LogP contribution in [0.5, 0.6) is 0 Å². The molecule has 0 aliphatic heterocycles. The molecule has 1 rings (SSSR count). The number of carbonyl (C=O) groups is 1. The van der Waals surface area contributed by atoms with Crippen LogP contribution < -0.4 is 10.6 Å². The van der Waals surface area contributed by atoms with Gasteiger partial charge >= 0.3 is 0 Å². The van der Waals surface area contributed by atoms with Crippen LogP contribution in [0.4, 0.5) is 5.69 Å². The minimum atomic E-state index is -0.292. The highest BCUT2D eigenvalue weighted by molar-refractivity contribution is 6.34. The van der Waals surface area contributed by atoms with Gasteiger partial charge in [-0.15, -0.1) is 0 Å². The summed E-state index contributed by atoms with van der Waals surface area (Å²) in [6.45, 7) is 6.74. The van der Waals surface area contributed by atoms with Gasteiger partial charge in [-0.1, -0.05) is 37.0 Å². The van der Waals surface area contributed by atoms with Gasteiger partial charge in [0.25, 0.3) is 0 Å². The van der Waals surface area contributed by atoms with Crippen molar-refractivity contribution >= 4 is 34.8 Å². The van der Waals surface area contributed by atoms with Crippen LogP contribution in [0, 0.1) is 5.92 Å². The Labute approximate surface area is 117 Å². The van der Waals surface area contributed by atoms with E-state index in [1.54, 1.807) is 19.1 Å². The minimum Gasteiger partial charge on any atom is -0.322 e. The molecule has 2 N–H and O–H groups in total. The number of hydrogen-bond donors (Lipinski definition) is 2. The maximum absolute atomic E-state index is 11.9. The van der Waals surface area contributed by atoms with Crippen molar-refractivity contribution in [3.63, 3.8) is 0 Å². The summed E-state index contributed by atoms with van der Waals surface area (Å²) in [6.07, 6.45) is 0. The molecule has 1 aromatic rings. The molecule has 0 unspecified atom stereocenters. The second-order valence-corrected chi connectivity index (χ2v) is 5.23. The van der Waals surface area contributed by atoms with Crippen molar-refractivity contribution in [1.29, 1.82) is 0 Å². The van der Waals surface area contributed by atoms with Crippen molar-refractivity contribution in [3.05, 3.63) is 22.4 Å². The van der Waals surface area contributed by atoms with Crippen molar-refractivity contribution < 1.29 is 4.79 Å². The first-order chi connectivity index (χ1) is 8.40. The van der Waals surface area contributed by atoms with Gasteiger partial charge in [-0.3, -0.25) is 4.79 Å². The van der Waals surface area contributed by atoms with Gasteiger partial charge in [0.05, 0.1) is 11.7 Å². The van der Waals surface area contributed by atoms with Crippen molar-refractivity contribution in [2.24, 2.45) is 5.92 Å². The fraction of sp³-hybridized carbons (Fsp3) is 0.500. The Bertz CT molecular complexity index is 424. The lowest BCUT2D eigenvalue weighted by Crippen LogP contribution is -2.39. The number of rotatable bonds is 5. The lowest BCUT2D eigenvalue weighted by molar-refractivity contribution is -0.117. The molecule has 1 aromatic heterocycles. The third-order valence-corrected chi connectivity index (χ3v) is 2.80. The molecule has 0 spiro atoms. The highest BCUT2D eigenvalue weighted by Gasteiger charge is 2.14. The van der Waals surface area contributed by atoms with Gasteiger partial charge in [-0.2, -0.15) is 0 Å². The quantitative estimate of drug-likeness (QED) is 0.820. The van der Waals surface area contributed by atoms with Crippen molar-refractivity contribution in [2.75, 3.05) is 11.9 Å². The Hall–Kier alpha value is -0.840. The Morgan fingerprint density at radius 1 is 1.33 bits per heavy atom.